The Balaban J connectivity index is 2.48. The van der Waals surface area contributed by atoms with Gasteiger partial charge in [-0.2, -0.15) is 4.98 Å². The minimum atomic E-state index is -0.0131. The zero-order valence-corrected chi connectivity index (χ0v) is 11.4. The predicted molar refractivity (Wildman–Crippen MR) is 73.4 cm³/mol. The second-order valence-corrected chi connectivity index (χ2v) is 5.27. The van der Waals surface area contributed by atoms with Crippen LogP contribution in [-0.2, 0) is 0 Å². The second kappa shape index (κ2) is 6.42. The molecular formula is C13H24N4. The average Bonchev–Trinajstić information content (AvgIpc) is 2.23. The summed E-state index contributed by atoms with van der Waals surface area (Å²) in [5.41, 5.74) is -0.0131. The van der Waals surface area contributed by atoms with Crippen LogP contribution in [0.1, 0.15) is 47.0 Å². The molecule has 0 radical (unpaired) electrons. The Kier molecular flexibility index (Phi) is 5.19. The largest absolute Gasteiger partial charge is 0.370 e. The molecule has 0 bridgehead atoms. The smallest absolute Gasteiger partial charge is 0.224 e. The second-order valence-electron chi connectivity index (χ2n) is 5.27. The van der Waals surface area contributed by atoms with Gasteiger partial charge in [-0.25, -0.2) is 4.98 Å². The third-order valence-corrected chi connectivity index (χ3v) is 2.23. The summed E-state index contributed by atoms with van der Waals surface area (Å²) >= 11 is 0. The third-order valence-electron chi connectivity index (χ3n) is 2.23. The summed E-state index contributed by atoms with van der Waals surface area (Å²) in [6, 6.07) is 1.90. The topological polar surface area (TPSA) is 49.8 Å². The predicted octanol–water partition coefficient (Wildman–Crippen LogP) is 3.29. The van der Waals surface area contributed by atoms with Crippen molar-refractivity contribution in [2.24, 2.45) is 0 Å². The summed E-state index contributed by atoms with van der Waals surface area (Å²) in [5, 5.41) is 6.58. The summed E-state index contributed by atoms with van der Waals surface area (Å²) in [7, 11) is 0. The minimum Gasteiger partial charge on any atom is -0.370 e. The Morgan fingerprint density at radius 1 is 1.24 bits per heavy atom. The highest BCUT2D eigenvalue weighted by Gasteiger charge is 2.10. The molecule has 0 fully saturated rings. The van der Waals surface area contributed by atoms with E-state index in [-0.39, 0.29) is 5.54 Å². The van der Waals surface area contributed by atoms with E-state index < -0.39 is 0 Å². The molecule has 0 saturated carbocycles. The maximum atomic E-state index is 4.42. The number of nitrogens with one attached hydrogen (secondary N) is 2. The van der Waals surface area contributed by atoms with Crippen LogP contribution in [0.15, 0.2) is 12.3 Å². The molecule has 1 rings (SSSR count). The van der Waals surface area contributed by atoms with Gasteiger partial charge in [0, 0.05) is 18.3 Å². The van der Waals surface area contributed by atoms with Gasteiger partial charge in [0.25, 0.3) is 0 Å². The highest BCUT2D eigenvalue weighted by molar-refractivity contribution is 5.40. The lowest BCUT2D eigenvalue weighted by atomic mass is 10.1. The van der Waals surface area contributed by atoms with Crippen molar-refractivity contribution in [3.05, 3.63) is 12.3 Å². The van der Waals surface area contributed by atoms with E-state index in [1.807, 2.05) is 6.07 Å². The van der Waals surface area contributed by atoms with Crippen LogP contribution in [0.4, 0.5) is 11.8 Å². The molecule has 0 aromatic carbocycles. The molecule has 4 heteroatoms. The highest BCUT2D eigenvalue weighted by atomic mass is 15.2. The fourth-order valence-electron chi connectivity index (χ4n) is 1.44. The standard InChI is InChI=1S/C13H24N4/c1-5-6-7-9-14-11-8-10-15-12(16-11)17-13(2,3)4/h8,10H,5-7,9H2,1-4H3,(H2,14,15,16,17). The van der Waals surface area contributed by atoms with Gasteiger partial charge in [0.15, 0.2) is 0 Å². The molecule has 0 unspecified atom stereocenters. The normalized spacial score (nSPS) is 11.3. The van der Waals surface area contributed by atoms with Crippen LogP contribution in [0.5, 0.6) is 0 Å². The first kappa shape index (κ1) is 13.7. The van der Waals surface area contributed by atoms with Crippen molar-refractivity contribution in [2.45, 2.75) is 52.5 Å². The molecule has 17 heavy (non-hydrogen) atoms. The first-order valence-corrected chi connectivity index (χ1v) is 6.36. The van der Waals surface area contributed by atoms with Crippen LogP contribution in [0, 0.1) is 0 Å². The Morgan fingerprint density at radius 2 is 2.00 bits per heavy atom. The molecule has 1 aromatic heterocycles. The van der Waals surface area contributed by atoms with Crippen molar-refractivity contribution in [3.63, 3.8) is 0 Å². The van der Waals surface area contributed by atoms with Gasteiger partial charge in [-0.1, -0.05) is 19.8 Å². The summed E-state index contributed by atoms with van der Waals surface area (Å²) in [5.74, 6) is 1.57. The van der Waals surface area contributed by atoms with Crippen molar-refractivity contribution in [1.82, 2.24) is 9.97 Å². The number of nitrogens with zero attached hydrogens (tertiary/aromatic N) is 2. The molecule has 4 nitrogen and oxygen atoms in total. The number of aromatic nitrogens is 2. The van der Waals surface area contributed by atoms with Crippen molar-refractivity contribution in [3.8, 4) is 0 Å². The average molecular weight is 236 g/mol. The number of rotatable bonds is 6. The molecule has 2 N–H and O–H groups in total. The first-order valence-electron chi connectivity index (χ1n) is 6.36. The lowest BCUT2D eigenvalue weighted by Crippen LogP contribution is -2.27. The van der Waals surface area contributed by atoms with E-state index in [2.05, 4.69) is 48.3 Å². The van der Waals surface area contributed by atoms with E-state index in [1.54, 1.807) is 6.20 Å². The monoisotopic (exact) mass is 236 g/mol. The molecule has 1 heterocycles. The van der Waals surface area contributed by atoms with Gasteiger partial charge < -0.3 is 10.6 Å². The Morgan fingerprint density at radius 3 is 2.65 bits per heavy atom. The van der Waals surface area contributed by atoms with Crippen LogP contribution < -0.4 is 10.6 Å². The Hall–Kier alpha value is -1.32. The van der Waals surface area contributed by atoms with Gasteiger partial charge >= 0.3 is 0 Å². The molecule has 0 spiro atoms. The summed E-state index contributed by atoms with van der Waals surface area (Å²) in [6.45, 7) is 9.46. The Bertz CT molecular complexity index is 330. The maximum Gasteiger partial charge on any atom is 0.224 e. The van der Waals surface area contributed by atoms with Crippen molar-refractivity contribution >= 4 is 11.8 Å². The SMILES string of the molecule is CCCCCNc1ccnc(NC(C)(C)C)n1. The summed E-state index contributed by atoms with van der Waals surface area (Å²) in [6.07, 6.45) is 5.46. The van der Waals surface area contributed by atoms with Crippen LogP contribution in [0.25, 0.3) is 0 Å². The van der Waals surface area contributed by atoms with E-state index in [0.29, 0.717) is 5.95 Å². The molecule has 0 aliphatic heterocycles. The van der Waals surface area contributed by atoms with Crippen LogP contribution in [-0.4, -0.2) is 22.1 Å². The van der Waals surface area contributed by atoms with Crippen molar-refractivity contribution < 1.29 is 0 Å². The third kappa shape index (κ3) is 6.09. The summed E-state index contributed by atoms with van der Waals surface area (Å²) < 4.78 is 0. The summed E-state index contributed by atoms with van der Waals surface area (Å²) in [4.78, 5) is 8.63. The van der Waals surface area contributed by atoms with Gasteiger partial charge in [0.2, 0.25) is 5.95 Å². The molecule has 0 aliphatic carbocycles. The first-order chi connectivity index (χ1) is 8.01. The quantitative estimate of drug-likeness (QED) is 0.744. The molecule has 0 amide bonds. The fourth-order valence-corrected chi connectivity index (χ4v) is 1.44. The van der Waals surface area contributed by atoms with Gasteiger partial charge in [-0.15, -0.1) is 0 Å². The molecule has 96 valence electrons. The van der Waals surface area contributed by atoms with E-state index in [0.717, 1.165) is 12.4 Å². The minimum absolute atomic E-state index is 0.0131. The Labute approximate surface area is 104 Å². The fraction of sp³-hybridized carbons (Fsp3) is 0.692. The van der Waals surface area contributed by atoms with E-state index >= 15 is 0 Å². The zero-order valence-electron chi connectivity index (χ0n) is 11.4. The number of hydrogen-bond donors (Lipinski definition) is 2. The molecule has 0 saturated heterocycles. The van der Waals surface area contributed by atoms with Crippen molar-refractivity contribution in [1.29, 1.82) is 0 Å². The van der Waals surface area contributed by atoms with E-state index in [4.69, 9.17) is 0 Å². The number of unbranched alkanes of at least 4 members (excludes halogenated alkanes) is 2. The van der Waals surface area contributed by atoms with Crippen molar-refractivity contribution in [2.75, 3.05) is 17.2 Å². The molecule has 0 aliphatic rings. The molecular weight excluding hydrogens is 212 g/mol. The van der Waals surface area contributed by atoms with Crippen LogP contribution in [0.2, 0.25) is 0 Å². The number of anilines is 2. The lowest BCUT2D eigenvalue weighted by molar-refractivity contribution is 0.626. The zero-order chi connectivity index (χ0) is 12.7. The molecule has 0 atom stereocenters. The highest BCUT2D eigenvalue weighted by Crippen LogP contribution is 2.11. The lowest BCUT2D eigenvalue weighted by Gasteiger charge is -2.20. The van der Waals surface area contributed by atoms with Gasteiger partial charge in [0.05, 0.1) is 0 Å². The maximum absolute atomic E-state index is 4.42. The van der Waals surface area contributed by atoms with E-state index in [9.17, 15) is 0 Å². The number of hydrogen-bond acceptors (Lipinski definition) is 4. The van der Waals surface area contributed by atoms with Gasteiger partial charge in [-0.3, -0.25) is 0 Å². The van der Waals surface area contributed by atoms with Crippen LogP contribution >= 0.6 is 0 Å². The van der Waals surface area contributed by atoms with Crippen LogP contribution in [0.3, 0.4) is 0 Å². The van der Waals surface area contributed by atoms with Gasteiger partial charge in [-0.05, 0) is 33.3 Å². The molecule has 1 aromatic rings. The van der Waals surface area contributed by atoms with Gasteiger partial charge in [0.1, 0.15) is 5.82 Å². The van der Waals surface area contributed by atoms with E-state index in [1.165, 1.54) is 19.3 Å².